The second-order valence-electron chi connectivity index (χ2n) is 6.70. The van der Waals surface area contributed by atoms with Gasteiger partial charge >= 0.3 is 0 Å². The number of piperidine rings is 1. The number of imidazole rings is 1. The summed E-state index contributed by atoms with van der Waals surface area (Å²) in [7, 11) is 0. The topological polar surface area (TPSA) is 58.3 Å². The van der Waals surface area contributed by atoms with E-state index >= 15 is 0 Å². The van der Waals surface area contributed by atoms with Gasteiger partial charge in [-0.25, -0.2) is 15.0 Å². The molecule has 0 saturated carbocycles. The van der Waals surface area contributed by atoms with Gasteiger partial charge in [-0.1, -0.05) is 6.92 Å². The van der Waals surface area contributed by atoms with Crippen LogP contribution in [-0.4, -0.2) is 45.0 Å². The van der Waals surface area contributed by atoms with E-state index in [0.29, 0.717) is 18.5 Å². The molecule has 0 aliphatic carbocycles. The number of aromatic nitrogens is 3. The van der Waals surface area contributed by atoms with E-state index < -0.39 is 0 Å². The van der Waals surface area contributed by atoms with Crippen molar-refractivity contribution in [3.63, 3.8) is 0 Å². The Labute approximate surface area is 177 Å². The molecule has 3 heterocycles. The lowest BCUT2D eigenvalue weighted by Gasteiger charge is -2.39. The van der Waals surface area contributed by atoms with Crippen LogP contribution in [0.5, 0.6) is 0 Å². The summed E-state index contributed by atoms with van der Waals surface area (Å²) >= 11 is 1.74. The number of aliphatic imine (C=N–C) groups is 1. The Bertz CT molecular complexity index is 711. The molecule has 2 aromatic rings. The molecule has 1 aliphatic rings. The van der Waals surface area contributed by atoms with E-state index in [2.05, 4.69) is 58.6 Å². The minimum Gasteiger partial charge on any atom is -0.357 e. The highest BCUT2D eigenvalue weighted by molar-refractivity contribution is 14.0. The Hall–Kier alpha value is -1.16. The molecular formula is C18H29IN6S. The predicted octanol–water partition coefficient (Wildman–Crippen LogP) is 3.62. The zero-order valence-corrected chi connectivity index (χ0v) is 19.1. The molecule has 1 fully saturated rings. The largest absolute Gasteiger partial charge is 0.357 e. The lowest BCUT2D eigenvalue weighted by molar-refractivity contribution is 0.189. The number of aryl methyl sites for hydroxylation is 2. The molecule has 26 heavy (non-hydrogen) atoms. The van der Waals surface area contributed by atoms with Gasteiger partial charge in [0.05, 0.1) is 29.6 Å². The average Bonchev–Trinajstić information content (AvgIpc) is 3.22. The molecule has 3 rings (SSSR count). The first-order valence-corrected chi connectivity index (χ1v) is 9.83. The van der Waals surface area contributed by atoms with Crippen molar-refractivity contribution in [3.05, 3.63) is 34.3 Å². The number of nitrogens with zero attached hydrogens (tertiary/aromatic N) is 5. The Balaban J connectivity index is 0.00000243. The number of thiazole rings is 1. The molecule has 1 N–H and O–H groups in total. The van der Waals surface area contributed by atoms with Gasteiger partial charge in [-0.3, -0.25) is 0 Å². The second kappa shape index (κ2) is 9.68. The van der Waals surface area contributed by atoms with Crippen LogP contribution in [0.2, 0.25) is 0 Å². The Kier molecular flexibility index (Phi) is 7.87. The van der Waals surface area contributed by atoms with Gasteiger partial charge in [0, 0.05) is 36.9 Å². The highest BCUT2D eigenvalue weighted by Gasteiger charge is 2.28. The molecule has 0 amide bonds. The second-order valence-corrected chi connectivity index (χ2v) is 7.99. The first-order chi connectivity index (χ1) is 12.1. The summed E-state index contributed by atoms with van der Waals surface area (Å²) in [6.07, 6.45) is 7.02. The molecule has 0 radical (unpaired) electrons. The number of hydrogen-bond donors (Lipinski definition) is 1. The van der Waals surface area contributed by atoms with E-state index in [1.54, 1.807) is 11.3 Å². The van der Waals surface area contributed by atoms with Crippen LogP contribution in [0.1, 0.15) is 41.9 Å². The monoisotopic (exact) mass is 488 g/mol. The van der Waals surface area contributed by atoms with Crippen molar-refractivity contribution in [1.82, 2.24) is 24.8 Å². The summed E-state index contributed by atoms with van der Waals surface area (Å²) in [6.45, 7) is 12.1. The summed E-state index contributed by atoms with van der Waals surface area (Å²) in [5.41, 5.74) is 1.10. The summed E-state index contributed by atoms with van der Waals surface area (Å²) < 4.78 is 2.23. The van der Waals surface area contributed by atoms with Gasteiger partial charge in [-0.05, 0) is 33.1 Å². The van der Waals surface area contributed by atoms with E-state index in [-0.39, 0.29) is 24.0 Å². The average molecular weight is 488 g/mol. The van der Waals surface area contributed by atoms with Gasteiger partial charge in [-0.2, -0.15) is 0 Å². The van der Waals surface area contributed by atoms with E-state index in [9.17, 15) is 0 Å². The Morgan fingerprint density at radius 3 is 2.85 bits per heavy atom. The number of hydrogen-bond acceptors (Lipinski definition) is 4. The molecular weight excluding hydrogens is 459 g/mol. The number of nitrogens with one attached hydrogen (secondary N) is 1. The van der Waals surface area contributed by atoms with Crippen molar-refractivity contribution in [1.29, 1.82) is 0 Å². The van der Waals surface area contributed by atoms with Crippen molar-refractivity contribution in [2.75, 3.05) is 19.6 Å². The molecule has 144 valence electrons. The normalized spacial score (nSPS) is 20.8. The SMILES string of the molecule is CCNC(=NCc1sc(C)nc1C)N1CCC(C)C(n2ccnc2)C1.I. The van der Waals surface area contributed by atoms with Gasteiger partial charge in [-0.15, -0.1) is 35.3 Å². The van der Waals surface area contributed by atoms with Crippen LogP contribution >= 0.6 is 35.3 Å². The van der Waals surface area contributed by atoms with Crippen LogP contribution < -0.4 is 5.32 Å². The molecule has 2 unspecified atom stereocenters. The van der Waals surface area contributed by atoms with Gasteiger partial charge < -0.3 is 14.8 Å². The fourth-order valence-corrected chi connectivity index (χ4v) is 4.25. The summed E-state index contributed by atoms with van der Waals surface area (Å²) in [4.78, 5) is 17.3. The first-order valence-electron chi connectivity index (χ1n) is 9.02. The number of guanidine groups is 1. The van der Waals surface area contributed by atoms with Crippen LogP contribution in [0.15, 0.2) is 23.7 Å². The number of halogens is 1. The zero-order valence-electron chi connectivity index (χ0n) is 16.0. The van der Waals surface area contributed by atoms with Crippen LogP contribution in [0, 0.1) is 19.8 Å². The summed E-state index contributed by atoms with van der Waals surface area (Å²) in [5.74, 6) is 1.64. The van der Waals surface area contributed by atoms with Crippen LogP contribution in [0.25, 0.3) is 0 Å². The molecule has 8 heteroatoms. The van der Waals surface area contributed by atoms with Gasteiger partial charge in [0.15, 0.2) is 5.96 Å². The minimum absolute atomic E-state index is 0. The van der Waals surface area contributed by atoms with E-state index in [0.717, 1.165) is 42.7 Å². The van der Waals surface area contributed by atoms with E-state index in [1.807, 2.05) is 12.5 Å². The summed E-state index contributed by atoms with van der Waals surface area (Å²) in [6, 6.07) is 0.437. The molecule has 0 spiro atoms. The molecule has 6 nitrogen and oxygen atoms in total. The standard InChI is InChI=1S/C18H28N6S.HI/c1-5-20-18(21-10-17-14(3)22-15(4)25-17)23-8-6-13(2)16(11-23)24-9-7-19-12-24;/h7,9,12-13,16H,5-6,8,10-11H2,1-4H3,(H,20,21);1H. The Morgan fingerprint density at radius 1 is 1.42 bits per heavy atom. The van der Waals surface area contributed by atoms with Crippen molar-refractivity contribution in [2.24, 2.45) is 10.9 Å². The highest BCUT2D eigenvalue weighted by Crippen LogP contribution is 2.27. The number of rotatable bonds is 4. The molecule has 1 aliphatic heterocycles. The minimum atomic E-state index is 0. The maximum absolute atomic E-state index is 4.90. The summed E-state index contributed by atoms with van der Waals surface area (Å²) in [5, 5.41) is 4.58. The van der Waals surface area contributed by atoms with Gasteiger partial charge in [0.2, 0.25) is 0 Å². The van der Waals surface area contributed by atoms with E-state index in [4.69, 9.17) is 4.99 Å². The molecule has 1 saturated heterocycles. The molecule has 2 atom stereocenters. The molecule has 2 aromatic heterocycles. The third-order valence-corrected chi connectivity index (χ3v) is 5.89. The Morgan fingerprint density at radius 2 is 2.23 bits per heavy atom. The fraction of sp³-hybridized carbons (Fsp3) is 0.611. The van der Waals surface area contributed by atoms with E-state index in [1.165, 1.54) is 4.88 Å². The van der Waals surface area contributed by atoms with Crippen molar-refractivity contribution in [2.45, 2.75) is 46.7 Å². The van der Waals surface area contributed by atoms with Crippen molar-refractivity contribution in [3.8, 4) is 0 Å². The van der Waals surface area contributed by atoms with Crippen molar-refractivity contribution >= 4 is 41.3 Å². The smallest absolute Gasteiger partial charge is 0.194 e. The van der Waals surface area contributed by atoms with Crippen molar-refractivity contribution < 1.29 is 0 Å². The molecule has 0 bridgehead atoms. The van der Waals surface area contributed by atoms with Gasteiger partial charge in [0.25, 0.3) is 0 Å². The fourth-order valence-electron chi connectivity index (χ4n) is 3.39. The lowest BCUT2D eigenvalue weighted by Crippen LogP contribution is -2.49. The first kappa shape index (κ1) is 21.1. The van der Waals surface area contributed by atoms with Crippen LogP contribution in [-0.2, 0) is 6.54 Å². The van der Waals surface area contributed by atoms with Crippen LogP contribution in [0.3, 0.4) is 0 Å². The highest BCUT2D eigenvalue weighted by atomic mass is 127. The third-order valence-electron chi connectivity index (χ3n) is 4.83. The third kappa shape index (κ3) is 4.97. The number of likely N-dealkylation sites (tertiary alicyclic amines) is 1. The quantitative estimate of drug-likeness (QED) is 0.406. The molecule has 0 aromatic carbocycles. The predicted molar refractivity (Wildman–Crippen MR) is 118 cm³/mol. The lowest BCUT2D eigenvalue weighted by atomic mass is 9.93. The van der Waals surface area contributed by atoms with Crippen LogP contribution in [0.4, 0.5) is 0 Å². The maximum atomic E-state index is 4.90. The maximum Gasteiger partial charge on any atom is 0.194 e. The zero-order chi connectivity index (χ0) is 17.8. The van der Waals surface area contributed by atoms with Gasteiger partial charge in [0.1, 0.15) is 0 Å².